The molecule has 1 aromatic carbocycles. The maximum Gasteiger partial charge on any atom is 0.534 e. The highest BCUT2D eigenvalue weighted by Crippen LogP contribution is 2.30. The zero-order valence-electron chi connectivity index (χ0n) is 11.7. The standard InChI is InChI=1S/C13H17F3O4S/c1-3-10-6-7-11(5-4-8-19-2)12(9-10)20-21(17,18)13(14,15)16/h6-7,9H,3-5,8H2,1-2H3. The summed E-state index contributed by atoms with van der Waals surface area (Å²) in [5.74, 6) is -0.275. The number of aryl methyl sites for hydroxylation is 2. The predicted octanol–water partition coefficient (Wildman–Crippen LogP) is 3.06. The van der Waals surface area contributed by atoms with Crippen molar-refractivity contribution in [2.45, 2.75) is 31.7 Å². The topological polar surface area (TPSA) is 52.6 Å². The molecule has 0 bridgehead atoms. The van der Waals surface area contributed by atoms with Crippen molar-refractivity contribution in [3.63, 3.8) is 0 Å². The number of alkyl halides is 3. The Labute approximate surface area is 122 Å². The molecule has 120 valence electrons. The van der Waals surface area contributed by atoms with Gasteiger partial charge in [0.1, 0.15) is 5.75 Å². The summed E-state index contributed by atoms with van der Waals surface area (Å²) in [5, 5.41) is 0. The Kier molecular flexibility index (Phi) is 6.03. The van der Waals surface area contributed by atoms with Crippen molar-refractivity contribution < 1.29 is 30.5 Å². The summed E-state index contributed by atoms with van der Waals surface area (Å²) < 4.78 is 68.6. The number of hydrogen-bond acceptors (Lipinski definition) is 4. The molecule has 1 aromatic rings. The van der Waals surface area contributed by atoms with E-state index in [1.54, 1.807) is 12.1 Å². The van der Waals surface area contributed by atoms with Crippen LogP contribution in [0.4, 0.5) is 13.2 Å². The number of methoxy groups -OCH3 is 1. The van der Waals surface area contributed by atoms with Crippen LogP contribution in [0.25, 0.3) is 0 Å². The maximum atomic E-state index is 12.4. The summed E-state index contributed by atoms with van der Waals surface area (Å²) in [6.07, 6.45) is 1.46. The van der Waals surface area contributed by atoms with Gasteiger partial charge in [0.2, 0.25) is 0 Å². The van der Waals surface area contributed by atoms with Gasteiger partial charge in [0, 0.05) is 13.7 Å². The van der Waals surface area contributed by atoms with Crippen LogP contribution in [0.2, 0.25) is 0 Å². The van der Waals surface area contributed by atoms with Crippen molar-refractivity contribution in [3.05, 3.63) is 29.3 Å². The Balaban J connectivity index is 3.07. The Hall–Kier alpha value is -1.28. The second-order valence-electron chi connectivity index (χ2n) is 4.38. The third-order valence-corrected chi connectivity index (χ3v) is 3.78. The number of halogens is 3. The summed E-state index contributed by atoms with van der Waals surface area (Å²) in [6.45, 7) is 2.23. The Bertz CT molecular complexity index is 567. The van der Waals surface area contributed by atoms with E-state index in [-0.39, 0.29) is 5.75 Å². The van der Waals surface area contributed by atoms with E-state index in [4.69, 9.17) is 4.74 Å². The second kappa shape index (κ2) is 7.13. The van der Waals surface area contributed by atoms with Gasteiger partial charge in [-0.05, 0) is 36.5 Å². The zero-order chi connectivity index (χ0) is 16.1. The molecule has 0 atom stereocenters. The lowest BCUT2D eigenvalue weighted by Gasteiger charge is -2.14. The molecular weight excluding hydrogens is 309 g/mol. The molecule has 0 fully saturated rings. The second-order valence-corrected chi connectivity index (χ2v) is 5.91. The van der Waals surface area contributed by atoms with Crippen molar-refractivity contribution in [1.82, 2.24) is 0 Å². The van der Waals surface area contributed by atoms with Gasteiger partial charge in [0.25, 0.3) is 0 Å². The van der Waals surface area contributed by atoms with Crippen molar-refractivity contribution >= 4 is 10.1 Å². The smallest absolute Gasteiger partial charge is 0.385 e. The Morgan fingerprint density at radius 2 is 1.90 bits per heavy atom. The van der Waals surface area contributed by atoms with Crippen LogP contribution in [0.5, 0.6) is 5.75 Å². The molecule has 0 aliphatic rings. The average molecular weight is 326 g/mol. The van der Waals surface area contributed by atoms with E-state index in [9.17, 15) is 21.6 Å². The molecule has 0 N–H and O–H groups in total. The van der Waals surface area contributed by atoms with Crippen molar-refractivity contribution in [2.24, 2.45) is 0 Å². The molecule has 0 spiro atoms. The van der Waals surface area contributed by atoms with E-state index in [2.05, 4.69) is 4.18 Å². The SMILES string of the molecule is CCc1ccc(CCCOC)c(OS(=O)(=O)C(F)(F)F)c1. The van der Waals surface area contributed by atoms with E-state index < -0.39 is 15.6 Å². The van der Waals surface area contributed by atoms with Gasteiger partial charge < -0.3 is 8.92 Å². The molecule has 0 aliphatic carbocycles. The molecule has 0 aromatic heterocycles. The summed E-state index contributed by atoms with van der Waals surface area (Å²) in [7, 11) is -4.15. The van der Waals surface area contributed by atoms with E-state index in [1.165, 1.54) is 13.2 Å². The third kappa shape index (κ3) is 4.89. The van der Waals surface area contributed by atoms with Crippen LogP contribution in [-0.4, -0.2) is 27.6 Å². The minimum atomic E-state index is -5.66. The molecule has 21 heavy (non-hydrogen) atoms. The predicted molar refractivity (Wildman–Crippen MR) is 71.6 cm³/mol. The van der Waals surface area contributed by atoms with Crippen LogP contribution < -0.4 is 4.18 Å². The van der Waals surface area contributed by atoms with Crippen molar-refractivity contribution in [1.29, 1.82) is 0 Å². The van der Waals surface area contributed by atoms with E-state index in [0.29, 0.717) is 37.0 Å². The average Bonchev–Trinajstić information content (AvgIpc) is 2.39. The lowest BCUT2D eigenvalue weighted by atomic mass is 10.0. The zero-order valence-corrected chi connectivity index (χ0v) is 12.6. The fourth-order valence-electron chi connectivity index (χ4n) is 1.68. The fourth-order valence-corrected chi connectivity index (χ4v) is 2.16. The minimum absolute atomic E-state index is 0.275. The van der Waals surface area contributed by atoms with Gasteiger partial charge in [-0.15, -0.1) is 0 Å². The molecule has 0 radical (unpaired) electrons. The molecule has 0 unspecified atom stereocenters. The van der Waals surface area contributed by atoms with Crippen LogP contribution in [0, 0.1) is 0 Å². The highest BCUT2D eigenvalue weighted by Gasteiger charge is 2.48. The Morgan fingerprint density at radius 3 is 2.43 bits per heavy atom. The van der Waals surface area contributed by atoms with Crippen molar-refractivity contribution in [2.75, 3.05) is 13.7 Å². The van der Waals surface area contributed by atoms with E-state index in [1.807, 2.05) is 6.92 Å². The molecule has 0 amide bonds. The van der Waals surface area contributed by atoms with E-state index in [0.717, 1.165) is 0 Å². The largest absolute Gasteiger partial charge is 0.534 e. The van der Waals surface area contributed by atoms with Gasteiger partial charge in [-0.1, -0.05) is 19.1 Å². The quantitative estimate of drug-likeness (QED) is 0.439. The monoisotopic (exact) mass is 326 g/mol. The van der Waals surface area contributed by atoms with Gasteiger partial charge >= 0.3 is 15.6 Å². The first kappa shape index (κ1) is 17.8. The fraction of sp³-hybridized carbons (Fsp3) is 0.538. The first-order chi connectivity index (χ1) is 9.71. The van der Waals surface area contributed by atoms with E-state index >= 15 is 0 Å². The van der Waals surface area contributed by atoms with Crippen LogP contribution in [0.3, 0.4) is 0 Å². The van der Waals surface area contributed by atoms with Gasteiger partial charge in [-0.25, -0.2) is 0 Å². The molecule has 1 rings (SSSR count). The van der Waals surface area contributed by atoms with Gasteiger partial charge in [-0.3, -0.25) is 0 Å². The number of ether oxygens (including phenoxy) is 1. The first-order valence-electron chi connectivity index (χ1n) is 6.32. The number of rotatable bonds is 7. The summed E-state index contributed by atoms with van der Waals surface area (Å²) in [6, 6.07) is 4.64. The maximum absolute atomic E-state index is 12.4. The Morgan fingerprint density at radius 1 is 1.24 bits per heavy atom. The first-order valence-corrected chi connectivity index (χ1v) is 7.73. The molecule has 8 heteroatoms. The summed E-state index contributed by atoms with van der Waals surface area (Å²) in [5.41, 5.74) is -4.35. The van der Waals surface area contributed by atoms with Gasteiger partial charge in [0.05, 0.1) is 0 Å². The lowest BCUT2D eigenvalue weighted by molar-refractivity contribution is -0.0500. The molecule has 4 nitrogen and oxygen atoms in total. The molecule has 0 aliphatic heterocycles. The van der Waals surface area contributed by atoms with Crippen molar-refractivity contribution in [3.8, 4) is 5.75 Å². The van der Waals surface area contributed by atoms with Crippen LogP contribution in [0.1, 0.15) is 24.5 Å². The number of hydrogen-bond donors (Lipinski definition) is 0. The molecular formula is C13H17F3O4S. The molecule has 0 heterocycles. The third-order valence-electron chi connectivity index (χ3n) is 2.82. The normalized spacial score (nSPS) is 12.4. The molecule has 0 saturated carbocycles. The van der Waals surface area contributed by atoms with Gasteiger partial charge in [-0.2, -0.15) is 21.6 Å². The van der Waals surface area contributed by atoms with Gasteiger partial charge in [0.15, 0.2) is 0 Å². The molecule has 0 saturated heterocycles. The van der Waals surface area contributed by atoms with Crippen LogP contribution in [-0.2, 0) is 27.7 Å². The lowest BCUT2D eigenvalue weighted by Crippen LogP contribution is -2.28. The highest BCUT2D eigenvalue weighted by molar-refractivity contribution is 7.88. The summed E-state index contributed by atoms with van der Waals surface area (Å²) in [4.78, 5) is 0. The summed E-state index contributed by atoms with van der Waals surface area (Å²) >= 11 is 0. The van der Waals surface area contributed by atoms with Crippen LogP contribution >= 0.6 is 0 Å². The minimum Gasteiger partial charge on any atom is -0.385 e. The highest BCUT2D eigenvalue weighted by atomic mass is 32.2. The number of benzene rings is 1. The van der Waals surface area contributed by atoms with Crippen LogP contribution in [0.15, 0.2) is 18.2 Å².